The molecule has 0 bridgehead atoms. The highest BCUT2D eigenvalue weighted by atomic mass is 79.9. The van der Waals surface area contributed by atoms with Gasteiger partial charge in [-0.3, -0.25) is 0 Å². The van der Waals surface area contributed by atoms with Crippen LogP contribution in [0.15, 0.2) is 0 Å². The monoisotopic (exact) mass is 207 g/mol. The van der Waals surface area contributed by atoms with E-state index in [2.05, 4.69) is 22.9 Å². The van der Waals surface area contributed by atoms with E-state index in [9.17, 15) is 9.90 Å². The van der Waals surface area contributed by atoms with Crippen LogP contribution in [0.25, 0.3) is 0 Å². The molecule has 0 heterocycles. The van der Waals surface area contributed by atoms with Crippen LogP contribution in [0.2, 0.25) is 0 Å². The minimum atomic E-state index is -0.942. The Labute approximate surface area is 69.8 Å². The molecule has 0 spiro atoms. The largest absolute Gasteiger partial charge is 0.550 e. The van der Waals surface area contributed by atoms with E-state index in [-0.39, 0.29) is 6.42 Å². The number of rotatable bonds is 5. The molecule has 0 aliphatic heterocycles. The number of unbranched alkanes of at least 4 members (excludes halogenated alkanes) is 1. The number of halogens is 1. The van der Waals surface area contributed by atoms with Crippen molar-refractivity contribution >= 4 is 21.9 Å². The molecular weight excluding hydrogens is 196 g/mol. The molecule has 2 nitrogen and oxygen atoms in total. The number of aliphatic carboxylic acids is 1. The topological polar surface area (TPSA) is 40.1 Å². The van der Waals surface area contributed by atoms with E-state index in [0.717, 1.165) is 19.3 Å². The van der Waals surface area contributed by atoms with Crippen molar-refractivity contribution in [1.29, 1.82) is 0 Å². The van der Waals surface area contributed by atoms with E-state index < -0.39 is 5.97 Å². The second kappa shape index (κ2) is 5.71. The number of carbonyl (C=O) groups is 1. The number of carbonyl (C=O) groups excluding carboxylic acids is 1. The second-order valence-corrected chi connectivity index (χ2v) is 3.96. The number of carboxylic acid groups (broad SMARTS) is 1. The average molecular weight is 208 g/mol. The minimum Gasteiger partial charge on any atom is -0.550 e. The molecule has 0 amide bonds. The van der Waals surface area contributed by atoms with Crippen LogP contribution in [-0.2, 0) is 4.79 Å². The standard InChI is InChI=1S/C7H13BrO2/c1-6(8)4-2-3-5-7(9)10/h6H,2-5H2,1H3,(H,9,10)/p-1. The summed E-state index contributed by atoms with van der Waals surface area (Å²) in [4.78, 5) is 10.4. The van der Waals surface area contributed by atoms with Crippen molar-refractivity contribution in [3.05, 3.63) is 0 Å². The first-order valence-corrected chi connectivity index (χ1v) is 4.38. The zero-order chi connectivity index (χ0) is 7.98. The Morgan fingerprint density at radius 1 is 1.60 bits per heavy atom. The molecule has 0 rings (SSSR count). The van der Waals surface area contributed by atoms with Gasteiger partial charge in [0.15, 0.2) is 0 Å². The van der Waals surface area contributed by atoms with Gasteiger partial charge in [-0.2, -0.15) is 0 Å². The van der Waals surface area contributed by atoms with E-state index in [0.29, 0.717) is 4.83 Å². The first-order valence-electron chi connectivity index (χ1n) is 3.47. The lowest BCUT2D eigenvalue weighted by atomic mass is 10.2. The quantitative estimate of drug-likeness (QED) is 0.501. The first kappa shape index (κ1) is 9.95. The van der Waals surface area contributed by atoms with Gasteiger partial charge >= 0.3 is 0 Å². The lowest BCUT2D eigenvalue weighted by Gasteiger charge is -2.02. The van der Waals surface area contributed by atoms with E-state index in [1.807, 2.05) is 0 Å². The number of alkyl halides is 1. The second-order valence-electron chi connectivity index (χ2n) is 2.40. The van der Waals surface area contributed by atoms with Crippen LogP contribution in [0, 0.1) is 0 Å². The lowest BCUT2D eigenvalue weighted by molar-refractivity contribution is -0.305. The molecule has 0 N–H and O–H groups in total. The highest BCUT2D eigenvalue weighted by Crippen LogP contribution is 2.09. The van der Waals surface area contributed by atoms with E-state index in [1.54, 1.807) is 0 Å². The molecule has 0 saturated carbocycles. The number of carboxylic acids is 1. The van der Waals surface area contributed by atoms with Crippen LogP contribution in [0.5, 0.6) is 0 Å². The Morgan fingerprint density at radius 2 is 2.20 bits per heavy atom. The maximum Gasteiger partial charge on any atom is 0.0414 e. The Kier molecular flexibility index (Phi) is 5.69. The van der Waals surface area contributed by atoms with Crippen LogP contribution >= 0.6 is 15.9 Å². The molecule has 0 aliphatic rings. The van der Waals surface area contributed by atoms with Crippen molar-refractivity contribution in [2.75, 3.05) is 0 Å². The van der Waals surface area contributed by atoms with Crippen LogP contribution in [-0.4, -0.2) is 10.8 Å². The van der Waals surface area contributed by atoms with Crippen molar-refractivity contribution in [3.63, 3.8) is 0 Å². The summed E-state index contributed by atoms with van der Waals surface area (Å²) in [5, 5.41) is 9.92. The van der Waals surface area contributed by atoms with Crippen LogP contribution in [0.1, 0.15) is 32.6 Å². The smallest absolute Gasteiger partial charge is 0.0414 e. The summed E-state index contributed by atoms with van der Waals surface area (Å²) in [5.41, 5.74) is 0. The van der Waals surface area contributed by atoms with Crippen LogP contribution in [0.4, 0.5) is 0 Å². The van der Waals surface area contributed by atoms with Crippen LogP contribution in [0.3, 0.4) is 0 Å². The maximum absolute atomic E-state index is 9.92. The molecule has 0 fully saturated rings. The van der Waals surface area contributed by atoms with E-state index >= 15 is 0 Å². The molecule has 0 aromatic heterocycles. The van der Waals surface area contributed by atoms with Gasteiger partial charge < -0.3 is 9.90 Å². The van der Waals surface area contributed by atoms with Gasteiger partial charge in [0.05, 0.1) is 0 Å². The average Bonchev–Trinajstić information content (AvgIpc) is 1.79. The predicted octanol–water partition coefficient (Wildman–Crippen LogP) is 1.08. The molecule has 0 radical (unpaired) electrons. The Hall–Kier alpha value is -0.0500. The predicted molar refractivity (Wildman–Crippen MR) is 41.9 cm³/mol. The normalized spacial score (nSPS) is 13.0. The van der Waals surface area contributed by atoms with Crippen LogP contribution < -0.4 is 5.11 Å². The summed E-state index contributed by atoms with van der Waals surface area (Å²) < 4.78 is 0. The molecule has 0 aromatic rings. The van der Waals surface area contributed by atoms with Gasteiger partial charge in [-0.25, -0.2) is 0 Å². The third kappa shape index (κ3) is 7.95. The number of hydrogen-bond donors (Lipinski definition) is 0. The lowest BCUT2D eigenvalue weighted by Crippen LogP contribution is -2.21. The van der Waals surface area contributed by atoms with E-state index in [4.69, 9.17) is 0 Å². The fraction of sp³-hybridized carbons (Fsp3) is 0.857. The van der Waals surface area contributed by atoms with E-state index in [1.165, 1.54) is 0 Å². The summed E-state index contributed by atoms with van der Waals surface area (Å²) >= 11 is 3.38. The first-order chi connectivity index (χ1) is 4.63. The molecule has 0 saturated heterocycles. The van der Waals surface area contributed by atoms with Gasteiger partial charge in [-0.15, -0.1) is 0 Å². The zero-order valence-corrected chi connectivity index (χ0v) is 7.69. The van der Waals surface area contributed by atoms with Crippen molar-refractivity contribution < 1.29 is 9.90 Å². The van der Waals surface area contributed by atoms with Crippen molar-refractivity contribution in [2.24, 2.45) is 0 Å². The third-order valence-electron chi connectivity index (χ3n) is 1.23. The molecule has 60 valence electrons. The summed E-state index contributed by atoms with van der Waals surface area (Å²) in [6.07, 6.45) is 2.92. The van der Waals surface area contributed by atoms with Gasteiger partial charge in [0, 0.05) is 10.8 Å². The molecule has 1 atom stereocenters. The van der Waals surface area contributed by atoms with Gasteiger partial charge in [0.2, 0.25) is 0 Å². The van der Waals surface area contributed by atoms with Crippen molar-refractivity contribution in [1.82, 2.24) is 0 Å². The van der Waals surface area contributed by atoms with Crippen molar-refractivity contribution in [2.45, 2.75) is 37.4 Å². The zero-order valence-electron chi connectivity index (χ0n) is 6.10. The van der Waals surface area contributed by atoms with Gasteiger partial charge in [0.25, 0.3) is 0 Å². The Bertz CT molecular complexity index is 102. The molecule has 10 heavy (non-hydrogen) atoms. The highest BCUT2D eigenvalue weighted by molar-refractivity contribution is 9.09. The van der Waals surface area contributed by atoms with Crippen molar-refractivity contribution in [3.8, 4) is 0 Å². The van der Waals surface area contributed by atoms with Gasteiger partial charge in [-0.1, -0.05) is 29.3 Å². The molecule has 0 aliphatic carbocycles. The fourth-order valence-corrected chi connectivity index (χ4v) is 1.02. The number of hydrogen-bond acceptors (Lipinski definition) is 2. The summed E-state index contributed by atoms with van der Waals surface area (Å²) in [7, 11) is 0. The Morgan fingerprint density at radius 3 is 2.60 bits per heavy atom. The summed E-state index contributed by atoms with van der Waals surface area (Å²) in [6.45, 7) is 2.05. The fourth-order valence-electron chi connectivity index (χ4n) is 0.695. The Balaban J connectivity index is 2.98. The molecule has 1 unspecified atom stereocenters. The molecule has 0 aromatic carbocycles. The van der Waals surface area contributed by atoms with Gasteiger partial charge in [0.1, 0.15) is 0 Å². The maximum atomic E-state index is 9.92. The minimum absolute atomic E-state index is 0.194. The highest BCUT2D eigenvalue weighted by Gasteiger charge is 1.94. The summed E-state index contributed by atoms with van der Waals surface area (Å²) in [5.74, 6) is -0.942. The molecular formula is C7H12BrO2-. The SMILES string of the molecule is CC(Br)CCCCC(=O)[O-]. The third-order valence-corrected chi connectivity index (χ3v) is 1.69. The molecule has 3 heteroatoms. The summed E-state index contributed by atoms with van der Waals surface area (Å²) in [6, 6.07) is 0. The van der Waals surface area contributed by atoms with Gasteiger partial charge in [-0.05, 0) is 19.3 Å².